The summed E-state index contributed by atoms with van der Waals surface area (Å²) in [4.78, 5) is 4.30. The lowest BCUT2D eigenvalue weighted by atomic mass is 10.1. The molecule has 3 rings (SSSR count). The van der Waals surface area contributed by atoms with Gasteiger partial charge in [0.15, 0.2) is 11.5 Å². The number of aryl methyl sites for hydroxylation is 2. The molecular formula is C14H16N4O. The molecule has 3 aromatic rings. The van der Waals surface area contributed by atoms with Gasteiger partial charge in [0.25, 0.3) is 0 Å². The lowest BCUT2D eigenvalue weighted by Gasteiger charge is -1.99. The largest absolute Gasteiger partial charge is 0.441 e. The Bertz CT molecular complexity index is 754. The van der Waals surface area contributed by atoms with Gasteiger partial charge in [-0.3, -0.25) is 4.68 Å². The zero-order valence-electron chi connectivity index (χ0n) is 11.3. The SMILES string of the molecule is Cc1nc2ccc(-c3nn(C)c(CN)c3C)cc2o1. The van der Waals surface area contributed by atoms with E-state index in [9.17, 15) is 0 Å². The molecular weight excluding hydrogens is 240 g/mol. The third-order valence-corrected chi connectivity index (χ3v) is 3.39. The monoisotopic (exact) mass is 256 g/mol. The average molecular weight is 256 g/mol. The van der Waals surface area contributed by atoms with Gasteiger partial charge in [0.2, 0.25) is 0 Å². The molecule has 5 nitrogen and oxygen atoms in total. The highest BCUT2D eigenvalue weighted by atomic mass is 16.3. The van der Waals surface area contributed by atoms with Crippen LogP contribution in [0, 0.1) is 13.8 Å². The Morgan fingerprint density at radius 3 is 2.79 bits per heavy atom. The van der Waals surface area contributed by atoms with E-state index in [1.54, 1.807) is 0 Å². The smallest absolute Gasteiger partial charge is 0.192 e. The third kappa shape index (κ3) is 1.82. The summed E-state index contributed by atoms with van der Waals surface area (Å²) in [6.07, 6.45) is 0. The minimum atomic E-state index is 0.485. The van der Waals surface area contributed by atoms with Gasteiger partial charge in [0, 0.05) is 26.1 Å². The predicted molar refractivity (Wildman–Crippen MR) is 73.6 cm³/mol. The summed E-state index contributed by atoms with van der Waals surface area (Å²) in [6.45, 7) is 4.37. The van der Waals surface area contributed by atoms with Crippen LogP contribution in [0.15, 0.2) is 22.6 Å². The lowest BCUT2D eigenvalue weighted by Crippen LogP contribution is -2.05. The Balaban J connectivity index is 2.18. The molecule has 0 aliphatic rings. The number of benzene rings is 1. The summed E-state index contributed by atoms with van der Waals surface area (Å²) in [5.41, 5.74) is 11.5. The summed E-state index contributed by atoms with van der Waals surface area (Å²) in [5, 5.41) is 4.54. The molecule has 5 heteroatoms. The van der Waals surface area contributed by atoms with E-state index in [0.29, 0.717) is 12.4 Å². The van der Waals surface area contributed by atoms with Crippen LogP contribution in [0.3, 0.4) is 0 Å². The van der Waals surface area contributed by atoms with Gasteiger partial charge in [0.1, 0.15) is 5.52 Å². The normalized spacial score (nSPS) is 11.4. The second kappa shape index (κ2) is 4.20. The van der Waals surface area contributed by atoms with Crippen LogP contribution in [-0.4, -0.2) is 14.8 Å². The second-order valence-corrected chi connectivity index (χ2v) is 4.66. The summed E-state index contributed by atoms with van der Waals surface area (Å²) in [6, 6.07) is 5.95. The molecule has 0 aliphatic carbocycles. The highest BCUT2D eigenvalue weighted by Crippen LogP contribution is 2.27. The molecule has 0 spiro atoms. The van der Waals surface area contributed by atoms with Gasteiger partial charge in [-0.15, -0.1) is 0 Å². The lowest BCUT2D eigenvalue weighted by molar-refractivity contribution is 0.561. The molecule has 0 unspecified atom stereocenters. The minimum absolute atomic E-state index is 0.485. The Kier molecular flexibility index (Phi) is 2.64. The second-order valence-electron chi connectivity index (χ2n) is 4.66. The first-order valence-corrected chi connectivity index (χ1v) is 6.20. The van der Waals surface area contributed by atoms with Crippen molar-refractivity contribution >= 4 is 11.1 Å². The molecule has 0 bridgehead atoms. The summed E-state index contributed by atoms with van der Waals surface area (Å²) >= 11 is 0. The zero-order chi connectivity index (χ0) is 13.6. The van der Waals surface area contributed by atoms with E-state index in [1.807, 2.05) is 43.8 Å². The molecule has 0 atom stereocenters. The molecule has 2 aromatic heterocycles. The summed E-state index contributed by atoms with van der Waals surface area (Å²) in [7, 11) is 1.91. The molecule has 0 radical (unpaired) electrons. The number of nitrogens with two attached hydrogens (primary N) is 1. The molecule has 98 valence electrons. The van der Waals surface area contributed by atoms with E-state index in [0.717, 1.165) is 33.6 Å². The van der Waals surface area contributed by atoms with E-state index < -0.39 is 0 Å². The van der Waals surface area contributed by atoms with Crippen molar-refractivity contribution in [3.8, 4) is 11.3 Å². The van der Waals surface area contributed by atoms with Crippen molar-refractivity contribution in [2.45, 2.75) is 20.4 Å². The Labute approximate surface area is 111 Å². The molecule has 1 aromatic carbocycles. The Morgan fingerprint density at radius 2 is 2.11 bits per heavy atom. The van der Waals surface area contributed by atoms with Crippen LogP contribution in [0.25, 0.3) is 22.4 Å². The number of fused-ring (bicyclic) bond motifs is 1. The van der Waals surface area contributed by atoms with Crippen LogP contribution in [0.2, 0.25) is 0 Å². The fraction of sp³-hybridized carbons (Fsp3) is 0.286. The predicted octanol–water partition coefficient (Wildman–Crippen LogP) is 2.30. The first-order chi connectivity index (χ1) is 9.10. The third-order valence-electron chi connectivity index (χ3n) is 3.39. The number of hydrogen-bond acceptors (Lipinski definition) is 4. The van der Waals surface area contributed by atoms with Gasteiger partial charge < -0.3 is 10.2 Å². The zero-order valence-corrected chi connectivity index (χ0v) is 11.3. The maximum atomic E-state index is 5.75. The van der Waals surface area contributed by atoms with E-state index in [2.05, 4.69) is 10.1 Å². The van der Waals surface area contributed by atoms with E-state index in [-0.39, 0.29) is 0 Å². The topological polar surface area (TPSA) is 69.9 Å². The van der Waals surface area contributed by atoms with Crippen molar-refractivity contribution in [1.29, 1.82) is 0 Å². The number of aromatic nitrogens is 3. The Morgan fingerprint density at radius 1 is 1.32 bits per heavy atom. The van der Waals surface area contributed by atoms with Gasteiger partial charge in [-0.2, -0.15) is 5.10 Å². The molecule has 2 N–H and O–H groups in total. The standard InChI is InChI=1S/C14H16N4O/c1-8-12(7-15)18(3)17-14(8)10-4-5-11-13(6-10)19-9(2)16-11/h4-6H,7,15H2,1-3H3. The number of rotatable bonds is 2. The first-order valence-electron chi connectivity index (χ1n) is 6.20. The Hall–Kier alpha value is -2.14. The number of hydrogen-bond donors (Lipinski definition) is 1. The van der Waals surface area contributed by atoms with Gasteiger partial charge >= 0.3 is 0 Å². The maximum Gasteiger partial charge on any atom is 0.192 e. The maximum absolute atomic E-state index is 5.75. The van der Waals surface area contributed by atoms with Gasteiger partial charge in [0.05, 0.1) is 11.4 Å². The van der Waals surface area contributed by atoms with Crippen molar-refractivity contribution in [2.24, 2.45) is 12.8 Å². The molecule has 2 heterocycles. The average Bonchev–Trinajstić information content (AvgIpc) is 2.87. The first kappa shape index (κ1) is 11.9. The van der Waals surface area contributed by atoms with Crippen molar-refractivity contribution < 1.29 is 4.42 Å². The minimum Gasteiger partial charge on any atom is -0.441 e. The van der Waals surface area contributed by atoms with Crippen LogP contribution >= 0.6 is 0 Å². The van der Waals surface area contributed by atoms with Gasteiger partial charge in [-0.25, -0.2) is 4.98 Å². The summed E-state index contributed by atoms with van der Waals surface area (Å²) < 4.78 is 7.40. The fourth-order valence-corrected chi connectivity index (χ4v) is 2.41. The van der Waals surface area contributed by atoms with Crippen LogP contribution < -0.4 is 5.73 Å². The number of nitrogens with zero attached hydrogens (tertiary/aromatic N) is 3. The number of oxazole rings is 1. The van der Waals surface area contributed by atoms with E-state index in [4.69, 9.17) is 10.2 Å². The van der Waals surface area contributed by atoms with E-state index >= 15 is 0 Å². The highest BCUT2D eigenvalue weighted by molar-refractivity contribution is 5.80. The molecule has 0 saturated heterocycles. The van der Waals surface area contributed by atoms with Gasteiger partial charge in [-0.1, -0.05) is 6.07 Å². The molecule has 0 saturated carbocycles. The van der Waals surface area contributed by atoms with Crippen LogP contribution in [0.1, 0.15) is 17.1 Å². The molecule has 0 amide bonds. The van der Waals surface area contributed by atoms with Crippen molar-refractivity contribution in [3.63, 3.8) is 0 Å². The quantitative estimate of drug-likeness (QED) is 0.763. The van der Waals surface area contributed by atoms with Crippen LogP contribution in [0.5, 0.6) is 0 Å². The highest BCUT2D eigenvalue weighted by Gasteiger charge is 2.14. The molecule has 0 aliphatic heterocycles. The summed E-state index contributed by atoms with van der Waals surface area (Å²) in [5.74, 6) is 0.674. The van der Waals surface area contributed by atoms with Crippen molar-refractivity contribution in [1.82, 2.24) is 14.8 Å². The van der Waals surface area contributed by atoms with Gasteiger partial charge in [-0.05, 0) is 24.6 Å². The fourth-order valence-electron chi connectivity index (χ4n) is 2.41. The molecule has 0 fully saturated rings. The van der Waals surface area contributed by atoms with Crippen molar-refractivity contribution in [3.05, 3.63) is 35.3 Å². The van der Waals surface area contributed by atoms with Crippen molar-refractivity contribution in [2.75, 3.05) is 0 Å². The van der Waals surface area contributed by atoms with Crippen LogP contribution in [-0.2, 0) is 13.6 Å². The molecule has 19 heavy (non-hydrogen) atoms. The van der Waals surface area contributed by atoms with E-state index in [1.165, 1.54) is 0 Å². The van der Waals surface area contributed by atoms with Crippen LogP contribution in [0.4, 0.5) is 0 Å².